The fraction of sp³-hybridized carbons (Fsp3) is 0.389. The van der Waals surface area contributed by atoms with E-state index in [9.17, 15) is 5.26 Å². The Morgan fingerprint density at radius 3 is 2.70 bits per heavy atom. The van der Waals surface area contributed by atoms with Gasteiger partial charge in [-0.1, -0.05) is 18.2 Å². The SMILES string of the molecule is CC(C#N)(Cc1ccco1)c1ccc2c(c1)CCCC2. The van der Waals surface area contributed by atoms with Gasteiger partial charge in [0, 0.05) is 6.42 Å². The molecule has 0 saturated carbocycles. The number of nitriles is 1. The molecule has 0 radical (unpaired) electrons. The first-order chi connectivity index (χ1) is 9.71. The number of hydrogen-bond donors (Lipinski definition) is 0. The van der Waals surface area contributed by atoms with E-state index in [1.54, 1.807) is 6.26 Å². The van der Waals surface area contributed by atoms with Gasteiger partial charge in [0.1, 0.15) is 5.76 Å². The van der Waals surface area contributed by atoms with E-state index < -0.39 is 5.41 Å². The summed E-state index contributed by atoms with van der Waals surface area (Å²) in [5.41, 5.74) is 3.47. The smallest absolute Gasteiger partial charge is 0.105 e. The molecule has 102 valence electrons. The Hall–Kier alpha value is -2.01. The average molecular weight is 265 g/mol. The van der Waals surface area contributed by atoms with Crippen LogP contribution >= 0.6 is 0 Å². The summed E-state index contributed by atoms with van der Waals surface area (Å²) in [5, 5.41) is 9.65. The molecule has 2 nitrogen and oxygen atoms in total. The maximum absolute atomic E-state index is 9.65. The van der Waals surface area contributed by atoms with Crippen LogP contribution in [0.3, 0.4) is 0 Å². The van der Waals surface area contributed by atoms with Gasteiger partial charge in [-0.25, -0.2) is 0 Å². The van der Waals surface area contributed by atoms with Crippen LogP contribution in [0.15, 0.2) is 41.0 Å². The molecular weight excluding hydrogens is 246 g/mol. The van der Waals surface area contributed by atoms with Gasteiger partial charge in [0.2, 0.25) is 0 Å². The van der Waals surface area contributed by atoms with E-state index in [1.165, 1.54) is 30.4 Å². The Morgan fingerprint density at radius 1 is 1.20 bits per heavy atom. The Kier molecular flexibility index (Phi) is 3.36. The largest absolute Gasteiger partial charge is 0.469 e. The third-order valence-corrected chi connectivity index (χ3v) is 4.34. The van der Waals surface area contributed by atoms with Gasteiger partial charge in [0.25, 0.3) is 0 Å². The lowest BCUT2D eigenvalue weighted by molar-refractivity contribution is 0.462. The lowest BCUT2D eigenvalue weighted by Crippen LogP contribution is -2.23. The van der Waals surface area contributed by atoms with Crippen molar-refractivity contribution >= 4 is 0 Å². The number of nitrogens with zero attached hydrogens (tertiary/aromatic N) is 1. The van der Waals surface area contributed by atoms with Crippen LogP contribution in [0, 0.1) is 11.3 Å². The second-order valence-electron chi connectivity index (χ2n) is 5.89. The lowest BCUT2D eigenvalue weighted by Gasteiger charge is -2.24. The summed E-state index contributed by atoms with van der Waals surface area (Å²) >= 11 is 0. The Morgan fingerprint density at radius 2 is 2.00 bits per heavy atom. The summed E-state index contributed by atoms with van der Waals surface area (Å²) in [5.74, 6) is 0.867. The number of rotatable bonds is 3. The van der Waals surface area contributed by atoms with Gasteiger partial charge in [0.05, 0.1) is 17.7 Å². The summed E-state index contributed by atoms with van der Waals surface area (Å²) in [6.07, 6.45) is 7.16. The molecule has 1 aliphatic carbocycles. The Bertz CT molecular complexity index is 636. The predicted molar refractivity (Wildman–Crippen MR) is 78.5 cm³/mol. The van der Waals surface area contributed by atoms with E-state index >= 15 is 0 Å². The molecule has 0 saturated heterocycles. The highest BCUT2D eigenvalue weighted by atomic mass is 16.3. The van der Waals surface area contributed by atoms with Crippen LogP contribution in [0.5, 0.6) is 0 Å². The zero-order chi connectivity index (χ0) is 14.0. The van der Waals surface area contributed by atoms with Crippen LogP contribution < -0.4 is 0 Å². The van der Waals surface area contributed by atoms with Crippen molar-refractivity contribution in [2.45, 2.75) is 44.4 Å². The van der Waals surface area contributed by atoms with Crippen molar-refractivity contribution in [1.82, 2.24) is 0 Å². The number of fused-ring (bicyclic) bond motifs is 1. The second kappa shape index (κ2) is 5.17. The van der Waals surface area contributed by atoms with Gasteiger partial charge in [-0.05, 0) is 61.4 Å². The summed E-state index contributed by atoms with van der Waals surface area (Å²) in [7, 11) is 0. The zero-order valence-corrected chi connectivity index (χ0v) is 11.9. The first-order valence-electron chi connectivity index (χ1n) is 7.27. The molecule has 1 unspecified atom stereocenters. The third-order valence-electron chi connectivity index (χ3n) is 4.34. The molecule has 1 aliphatic rings. The van der Waals surface area contributed by atoms with Crippen molar-refractivity contribution in [2.24, 2.45) is 0 Å². The van der Waals surface area contributed by atoms with Crippen LogP contribution in [0.1, 0.15) is 42.2 Å². The van der Waals surface area contributed by atoms with Crippen LogP contribution in [0.4, 0.5) is 0 Å². The van der Waals surface area contributed by atoms with E-state index in [0.717, 1.165) is 17.7 Å². The summed E-state index contributed by atoms with van der Waals surface area (Å²) in [6.45, 7) is 2.00. The van der Waals surface area contributed by atoms with Gasteiger partial charge in [0.15, 0.2) is 0 Å². The highest BCUT2D eigenvalue weighted by Crippen LogP contribution is 2.31. The van der Waals surface area contributed by atoms with Crippen molar-refractivity contribution in [3.8, 4) is 6.07 Å². The molecule has 0 spiro atoms. The normalized spacial score (nSPS) is 17.0. The standard InChI is InChI=1S/C18H19NO/c1-18(13-19,12-17-7-4-10-20-17)16-9-8-14-5-2-3-6-15(14)11-16/h4,7-11H,2-3,5-6,12H2,1H3. The lowest BCUT2D eigenvalue weighted by atomic mass is 9.77. The molecule has 1 atom stereocenters. The molecular formula is C18H19NO. The first kappa shape index (κ1) is 13.0. The van der Waals surface area contributed by atoms with E-state index in [4.69, 9.17) is 4.42 Å². The van der Waals surface area contributed by atoms with Crippen molar-refractivity contribution in [1.29, 1.82) is 5.26 Å². The summed E-state index contributed by atoms with van der Waals surface area (Å²) in [4.78, 5) is 0. The van der Waals surface area contributed by atoms with Crippen LogP contribution in [0.25, 0.3) is 0 Å². The van der Waals surface area contributed by atoms with E-state index in [1.807, 2.05) is 19.1 Å². The van der Waals surface area contributed by atoms with Gasteiger partial charge in [-0.15, -0.1) is 0 Å². The van der Waals surface area contributed by atoms with Gasteiger partial charge < -0.3 is 4.42 Å². The maximum atomic E-state index is 9.65. The molecule has 1 heterocycles. The van der Waals surface area contributed by atoms with Crippen LogP contribution in [-0.4, -0.2) is 0 Å². The number of benzene rings is 1. The molecule has 20 heavy (non-hydrogen) atoms. The van der Waals surface area contributed by atoms with E-state index in [2.05, 4.69) is 24.3 Å². The van der Waals surface area contributed by atoms with Crippen LogP contribution in [0.2, 0.25) is 0 Å². The van der Waals surface area contributed by atoms with Gasteiger partial charge >= 0.3 is 0 Å². The van der Waals surface area contributed by atoms with Crippen molar-refractivity contribution < 1.29 is 4.42 Å². The molecule has 1 aromatic heterocycles. The third kappa shape index (κ3) is 2.36. The van der Waals surface area contributed by atoms with Crippen molar-refractivity contribution in [3.05, 3.63) is 59.0 Å². The average Bonchev–Trinajstić information content (AvgIpc) is 2.99. The van der Waals surface area contributed by atoms with E-state index in [0.29, 0.717) is 6.42 Å². The molecule has 0 amide bonds. The molecule has 3 rings (SSSR count). The first-order valence-corrected chi connectivity index (χ1v) is 7.27. The molecule has 1 aromatic carbocycles. The fourth-order valence-corrected chi connectivity index (χ4v) is 3.04. The second-order valence-corrected chi connectivity index (χ2v) is 5.89. The number of furan rings is 1. The molecule has 0 aliphatic heterocycles. The monoisotopic (exact) mass is 265 g/mol. The Labute approximate surface area is 120 Å². The highest BCUT2D eigenvalue weighted by Gasteiger charge is 2.29. The fourth-order valence-electron chi connectivity index (χ4n) is 3.04. The molecule has 0 bridgehead atoms. The zero-order valence-electron chi connectivity index (χ0n) is 11.9. The topological polar surface area (TPSA) is 36.9 Å². The number of aryl methyl sites for hydroxylation is 2. The quantitative estimate of drug-likeness (QED) is 0.834. The predicted octanol–water partition coefficient (Wildman–Crippen LogP) is 4.18. The van der Waals surface area contributed by atoms with Gasteiger partial charge in [-0.3, -0.25) is 0 Å². The molecule has 0 N–H and O–H groups in total. The molecule has 2 aromatic rings. The van der Waals surface area contributed by atoms with Crippen molar-refractivity contribution in [2.75, 3.05) is 0 Å². The van der Waals surface area contributed by atoms with Gasteiger partial charge in [-0.2, -0.15) is 5.26 Å². The molecule has 2 heteroatoms. The summed E-state index contributed by atoms with van der Waals surface area (Å²) < 4.78 is 5.41. The summed E-state index contributed by atoms with van der Waals surface area (Å²) in [6, 6.07) is 12.9. The Balaban J connectivity index is 1.94. The van der Waals surface area contributed by atoms with Crippen LogP contribution in [-0.2, 0) is 24.7 Å². The minimum absolute atomic E-state index is 0.523. The minimum Gasteiger partial charge on any atom is -0.469 e. The molecule has 0 fully saturated rings. The number of hydrogen-bond acceptors (Lipinski definition) is 2. The highest BCUT2D eigenvalue weighted by molar-refractivity contribution is 5.40. The van der Waals surface area contributed by atoms with Crippen molar-refractivity contribution in [3.63, 3.8) is 0 Å². The maximum Gasteiger partial charge on any atom is 0.105 e. The minimum atomic E-state index is -0.523. The van der Waals surface area contributed by atoms with E-state index in [-0.39, 0.29) is 0 Å².